The number of halogens is 2. The van der Waals surface area contributed by atoms with Crippen molar-refractivity contribution in [2.75, 3.05) is 0 Å². The minimum absolute atomic E-state index is 0.197. The Labute approximate surface area is 119 Å². The molecular weight excluding hydrogens is 291 g/mol. The lowest BCUT2D eigenvalue weighted by Crippen LogP contribution is -1.98. The van der Waals surface area contributed by atoms with E-state index in [1.807, 2.05) is 12.1 Å². The predicted octanol–water partition coefficient (Wildman–Crippen LogP) is 4.84. The van der Waals surface area contributed by atoms with Gasteiger partial charge in [-0.05, 0) is 42.5 Å². The number of hydrogen-bond donors (Lipinski definition) is 1. The Morgan fingerprint density at radius 1 is 1.00 bits per heavy atom. The molecule has 0 bridgehead atoms. The molecule has 2 nitrogen and oxygen atoms in total. The molecule has 1 N–H and O–H groups in total. The standard InChI is InChI=1S/C13H8Cl2O2S/c14-8-1-4-10(5-2-8)18-12-6-3-9(15)7-11(12)13(16)17/h1-7H,(H,16,17). The molecule has 0 atom stereocenters. The molecule has 0 amide bonds. The fourth-order valence-electron chi connectivity index (χ4n) is 1.39. The molecule has 92 valence electrons. The average molecular weight is 299 g/mol. The van der Waals surface area contributed by atoms with Crippen LogP contribution in [0.3, 0.4) is 0 Å². The van der Waals surface area contributed by atoms with Crippen LogP contribution >= 0.6 is 35.0 Å². The summed E-state index contributed by atoms with van der Waals surface area (Å²) in [4.78, 5) is 12.7. The van der Waals surface area contributed by atoms with Gasteiger partial charge < -0.3 is 5.11 Å². The molecule has 0 radical (unpaired) electrons. The van der Waals surface area contributed by atoms with Crippen molar-refractivity contribution in [2.45, 2.75) is 9.79 Å². The normalized spacial score (nSPS) is 10.3. The zero-order chi connectivity index (χ0) is 13.1. The van der Waals surface area contributed by atoms with Gasteiger partial charge in [-0.15, -0.1) is 0 Å². The summed E-state index contributed by atoms with van der Waals surface area (Å²) in [5, 5.41) is 10.2. The highest BCUT2D eigenvalue weighted by molar-refractivity contribution is 7.99. The SMILES string of the molecule is O=C(O)c1cc(Cl)ccc1Sc1ccc(Cl)cc1. The average Bonchev–Trinajstić information content (AvgIpc) is 2.34. The summed E-state index contributed by atoms with van der Waals surface area (Å²) in [6.07, 6.45) is 0. The Morgan fingerprint density at radius 2 is 1.61 bits per heavy atom. The van der Waals surface area contributed by atoms with E-state index in [0.717, 1.165) is 4.90 Å². The molecule has 0 aliphatic rings. The predicted molar refractivity (Wildman–Crippen MR) is 74.0 cm³/mol. The van der Waals surface area contributed by atoms with Crippen LogP contribution in [0.1, 0.15) is 10.4 Å². The van der Waals surface area contributed by atoms with Gasteiger partial charge in [0, 0.05) is 19.8 Å². The Morgan fingerprint density at radius 3 is 2.22 bits per heavy atom. The van der Waals surface area contributed by atoms with E-state index >= 15 is 0 Å². The third kappa shape index (κ3) is 3.19. The summed E-state index contributed by atoms with van der Waals surface area (Å²) in [5.74, 6) is -0.992. The van der Waals surface area contributed by atoms with Crippen molar-refractivity contribution >= 4 is 40.9 Å². The van der Waals surface area contributed by atoms with E-state index in [4.69, 9.17) is 28.3 Å². The molecule has 2 rings (SSSR count). The Hall–Kier alpha value is -1.16. The van der Waals surface area contributed by atoms with E-state index < -0.39 is 5.97 Å². The van der Waals surface area contributed by atoms with Crippen molar-refractivity contribution in [1.82, 2.24) is 0 Å². The summed E-state index contributed by atoms with van der Waals surface area (Å²) < 4.78 is 0. The first-order valence-electron chi connectivity index (χ1n) is 5.02. The van der Waals surface area contributed by atoms with Crippen LogP contribution in [0.25, 0.3) is 0 Å². The third-order valence-corrected chi connectivity index (χ3v) is 3.78. The highest BCUT2D eigenvalue weighted by Gasteiger charge is 2.11. The summed E-state index contributed by atoms with van der Waals surface area (Å²) in [5.41, 5.74) is 0.197. The first kappa shape index (κ1) is 13.3. The lowest BCUT2D eigenvalue weighted by molar-refractivity contribution is 0.0693. The molecule has 0 saturated heterocycles. The Bertz CT molecular complexity index is 582. The third-order valence-electron chi connectivity index (χ3n) is 2.21. The zero-order valence-electron chi connectivity index (χ0n) is 9.06. The van der Waals surface area contributed by atoms with Crippen LogP contribution in [0.2, 0.25) is 10.0 Å². The second kappa shape index (κ2) is 5.65. The molecule has 0 aliphatic heterocycles. The Kier molecular flexibility index (Phi) is 4.17. The molecule has 0 saturated carbocycles. The van der Waals surface area contributed by atoms with Gasteiger partial charge in [0.1, 0.15) is 0 Å². The summed E-state index contributed by atoms with van der Waals surface area (Å²) in [6.45, 7) is 0. The maximum Gasteiger partial charge on any atom is 0.336 e. The molecule has 0 fully saturated rings. The molecule has 5 heteroatoms. The summed E-state index contributed by atoms with van der Waals surface area (Å²) in [6, 6.07) is 12.0. The van der Waals surface area contributed by atoms with Crippen molar-refractivity contribution in [3.05, 3.63) is 58.1 Å². The lowest BCUT2D eigenvalue weighted by Gasteiger charge is -2.06. The van der Waals surface area contributed by atoms with Crippen LogP contribution in [0.5, 0.6) is 0 Å². The van der Waals surface area contributed by atoms with Crippen LogP contribution in [0.15, 0.2) is 52.3 Å². The van der Waals surface area contributed by atoms with Gasteiger partial charge in [-0.2, -0.15) is 0 Å². The fourth-order valence-corrected chi connectivity index (χ4v) is 2.60. The molecule has 2 aromatic rings. The number of benzene rings is 2. The zero-order valence-corrected chi connectivity index (χ0v) is 11.4. The van der Waals surface area contributed by atoms with Gasteiger partial charge in [-0.3, -0.25) is 0 Å². The van der Waals surface area contributed by atoms with Gasteiger partial charge in [-0.25, -0.2) is 4.79 Å². The summed E-state index contributed by atoms with van der Waals surface area (Å²) in [7, 11) is 0. The number of carboxylic acid groups (broad SMARTS) is 1. The number of carbonyl (C=O) groups is 1. The topological polar surface area (TPSA) is 37.3 Å². The molecule has 0 aliphatic carbocycles. The lowest BCUT2D eigenvalue weighted by atomic mass is 10.2. The van der Waals surface area contributed by atoms with Gasteiger partial charge in [0.2, 0.25) is 0 Å². The van der Waals surface area contributed by atoms with Crippen molar-refractivity contribution in [2.24, 2.45) is 0 Å². The number of rotatable bonds is 3. The maximum atomic E-state index is 11.1. The van der Waals surface area contributed by atoms with Crippen molar-refractivity contribution in [1.29, 1.82) is 0 Å². The molecule has 0 aromatic heterocycles. The van der Waals surface area contributed by atoms with E-state index in [1.54, 1.807) is 24.3 Å². The van der Waals surface area contributed by atoms with Crippen LogP contribution in [-0.4, -0.2) is 11.1 Å². The van der Waals surface area contributed by atoms with Gasteiger partial charge >= 0.3 is 5.97 Å². The monoisotopic (exact) mass is 298 g/mol. The fraction of sp³-hybridized carbons (Fsp3) is 0. The van der Waals surface area contributed by atoms with Crippen LogP contribution < -0.4 is 0 Å². The highest BCUT2D eigenvalue weighted by atomic mass is 35.5. The van der Waals surface area contributed by atoms with Gasteiger partial charge in [0.15, 0.2) is 0 Å². The molecule has 0 spiro atoms. The quantitative estimate of drug-likeness (QED) is 0.881. The highest BCUT2D eigenvalue weighted by Crippen LogP contribution is 2.32. The van der Waals surface area contributed by atoms with E-state index in [2.05, 4.69) is 0 Å². The molecule has 0 unspecified atom stereocenters. The first-order valence-corrected chi connectivity index (χ1v) is 6.60. The second-order valence-corrected chi connectivity index (χ2v) is 5.49. The molecule has 0 heterocycles. The molecule has 18 heavy (non-hydrogen) atoms. The first-order chi connectivity index (χ1) is 8.56. The number of hydrogen-bond acceptors (Lipinski definition) is 2. The van der Waals surface area contributed by atoms with E-state index in [-0.39, 0.29) is 5.56 Å². The van der Waals surface area contributed by atoms with Crippen LogP contribution in [-0.2, 0) is 0 Å². The summed E-state index contributed by atoms with van der Waals surface area (Å²) >= 11 is 13.0. The number of carboxylic acids is 1. The second-order valence-electron chi connectivity index (χ2n) is 3.50. The Balaban J connectivity index is 2.34. The van der Waals surface area contributed by atoms with Crippen molar-refractivity contribution in [3.8, 4) is 0 Å². The molecular formula is C13H8Cl2O2S. The van der Waals surface area contributed by atoms with Crippen LogP contribution in [0, 0.1) is 0 Å². The number of aromatic carboxylic acids is 1. The van der Waals surface area contributed by atoms with Gasteiger partial charge in [0.25, 0.3) is 0 Å². The smallest absolute Gasteiger partial charge is 0.336 e. The maximum absolute atomic E-state index is 11.1. The minimum atomic E-state index is -0.992. The van der Waals surface area contributed by atoms with E-state index in [1.165, 1.54) is 17.8 Å². The van der Waals surface area contributed by atoms with Gasteiger partial charge in [-0.1, -0.05) is 35.0 Å². The van der Waals surface area contributed by atoms with E-state index in [9.17, 15) is 4.79 Å². The van der Waals surface area contributed by atoms with E-state index in [0.29, 0.717) is 14.9 Å². The van der Waals surface area contributed by atoms with Crippen molar-refractivity contribution in [3.63, 3.8) is 0 Å². The molecule has 2 aromatic carbocycles. The van der Waals surface area contributed by atoms with Crippen molar-refractivity contribution < 1.29 is 9.90 Å². The van der Waals surface area contributed by atoms with Crippen LogP contribution in [0.4, 0.5) is 0 Å². The van der Waals surface area contributed by atoms with Gasteiger partial charge in [0.05, 0.1) is 5.56 Å². The minimum Gasteiger partial charge on any atom is -0.478 e. The largest absolute Gasteiger partial charge is 0.478 e.